The first-order valence-corrected chi connectivity index (χ1v) is 7.16. The van der Waals surface area contributed by atoms with Crippen molar-refractivity contribution < 1.29 is 9.18 Å². The number of nitrogen functional groups attached to an aromatic ring is 1. The van der Waals surface area contributed by atoms with Crippen molar-refractivity contribution in [3.8, 4) is 0 Å². The maximum absolute atomic E-state index is 13.4. The van der Waals surface area contributed by atoms with Crippen LogP contribution in [-0.4, -0.2) is 29.9 Å². The van der Waals surface area contributed by atoms with Crippen LogP contribution in [0.1, 0.15) is 26.2 Å². The van der Waals surface area contributed by atoms with E-state index >= 15 is 0 Å². The van der Waals surface area contributed by atoms with Crippen LogP contribution in [0.2, 0.25) is 5.02 Å². The van der Waals surface area contributed by atoms with Crippen LogP contribution >= 0.6 is 11.6 Å². The molecule has 1 aliphatic heterocycles. The van der Waals surface area contributed by atoms with E-state index in [9.17, 15) is 9.18 Å². The van der Waals surface area contributed by atoms with Crippen molar-refractivity contribution in [2.24, 2.45) is 0 Å². The Morgan fingerprint density at radius 3 is 2.70 bits per heavy atom. The van der Waals surface area contributed by atoms with Crippen molar-refractivity contribution in [1.29, 1.82) is 0 Å². The zero-order valence-electron chi connectivity index (χ0n) is 11.5. The van der Waals surface area contributed by atoms with E-state index in [2.05, 4.69) is 5.32 Å². The van der Waals surface area contributed by atoms with Gasteiger partial charge in [0.05, 0.1) is 16.4 Å². The van der Waals surface area contributed by atoms with Gasteiger partial charge in [-0.3, -0.25) is 4.79 Å². The monoisotopic (exact) mass is 299 g/mol. The minimum Gasteiger partial charge on any atom is -0.397 e. The average Bonchev–Trinajstić information content (AvgIpc) is 2.44. The van der Waals surface area contributed by atoms with Crippen LogP contribution in [0.3, 0.4) is 0 Å². The van der Waals surface area contributed by atoms with E-state index in [1.807, 2.05) is 4.90 Å². The second-order valence-electron chi connectivity index (χ2n) is 5.11. The minimum absolute atomic E-state index is 0.0134. The van der Waals surface area contributed by atoms with Crippen molar-refractivity contribution in [2.75, 3.05) is 24.1 Å². The molecule has 1 amide bonds. The summed E-state index contributed by atoms with van der Waals surface area (Å²) < 4.78 is 13.4. The summed E-state index contributed by atoms with van der Waals surface area (Å²) in [5, 5.41) is 2.94. The highest BCUT2D eigenvalue weighted by Gasteiger charge is 2.22. The largest absolute Gasteiger partial charge is 0.397 e. The van der Waals surface area contributed by atoms with Gasteiger partial charge in [-0.15, -0.1) is 0 Å². The first-order valence-electron chi connectivity index (χ1n) is 6.79. The van der Waals surface area contributed by atoms with E-state index in [0.717, 1.165) is 25.9 Å². The predicted molar refractivity (Wildman–Crippen MR) is 79.3 cm³/mol. The Bertz CT molecular complexity index is 503. The van der Waals surface area contributed by atoms with Crippen LogP contribution in [0.4, 0.5) is 15.8 Å². The molecule has 1 aliphatic rings. The molecule has 3 N–H and O–H groups in total. The summed E-state index contributed by atoms with van der Waals surface area (Å²) in [5.74, 6) is -0.541. The third kappa shape index (κ3) is 3.33. The van der Waals surface area contributed by atoms with E-state index in [-0.39, 0.29) is 10.9 Å². The molecular formula is C14H19ClFN3O. The third-order valence-electron chi connectivity index (χ3n) is 3.50. The van der Waals surface area contributed by atoms with Crippen molar-refractivity contribution in [3.63, 3.8) is 0 Å². The molecule has 1 heterocycles. The summed E-state index contributed by atoms with van der Waals surface area (Å²) in [4.78, 5) is 14.1. The highest BCUT2D eigenvalue weighted by atomic mass is 35.5. The van der Waals surface area contributed by atoms with E-state index in [1.165, 1.54) is 18.6 Å². The second kappa shape index (κ2) is 6.31. The highest BCUT2D eigenvalue weighted by Crippen LogP contribution is 2.26. The summed E-state index contributed by atoms with van der Waals surface area (Å²) in [7, 11) is 0. The first-order chi connectivity index (χ1) is 9.49. The standard InChI is InChI=1S/C14H19ClFN3O/c1-9(14(20)19-5-3-2-4-6-19)18-13-8-11(16)10(15)7-12(13)17/h7-9,18H,2-6,17H2,1H3. The lowest BCUT2D eigenvalue weighted by Crippen LogP contribution is -2.44. The molecule has 1 fully saturated rings. The normalized spacial score (nSPS) is 16.9. The van der Waals surface area contributed by atoms with Gasteiger partial charge < -0.3 is 16.0 Å². The van der Waals surface area contributed by atoms with Gasteiger partial charge in [-0.1, -0.05) is 11.6 Å². The van der Waals surface area contributed by atoms with Gasteiger partial charge >= 0.3 is 0 Å². The molecule has 1 aromatic carbocycles. The number of likely N-dealkylation sites (tertiary alicyclic amines) is 1. The van der Waals surface area contributed by atoms with Crippen molar-refractivity contribution in [1.82, 2.24) is 4.90 Å². The average molecular weight is 300 g/mol. The van der Waals surface area contributed by atoms with Gasteiger partial charge in [0.2, 0.25) is 5.91 Å². The number of benzene rings is 1. The summed E-state index contributed by atoms with van der Waals surface area (Å²) in [6, 6.07) is 2.12. The predicted octanol–water partition coefficient (Wildman–Crippen LogP) is 2.87. The number of amides is 1. The highest BCUT2D eigenvalue weighted by molar-refractivity contribution is 6.31. The van der Waals surface area contributed by atoms with Gasteiger partial charge in [-0.05, 0) is 32.3 Å². The molecule has 4 nitrogen and oxygen atoms in total. The number of halogens is 2. The molecule has 110 valence electrons. The number of hydrogen-bond donors (Lipinski definition) is 2. The van der Waals surface area contributed by atoms with Gasteiger partial charge in [0.25, 0.3) is 0 Å². The van der Waals surface area contributed by atoms with Crippen LogP contribution < -0.4 is 11.1 Å². The third-order valence-corrected chi connectivity index (χ3v) is 3.79. The molecule has 1 unspecified atom stereocenters. The van der Waals surface area contributed by atoms with E-state index in [0.29, 0.717) is 11.4 Å². The number of nitrogens with two attached hydrogens (primary N) is 1. The summed E-state index contributed by atoms with van der Waals surface area (Å²) in [6.45, 7) is 3.33. The van der Waals surface area contributed by atoms with Crippen molar-refractivity contribution in [3.05, 3.63) is 23.0 Å². The molecule has 0 aliphatic carbocycles. The number of piperidine rings is 1. The number of rotatable bonds is 3. The SMILES string of the molecule is CC(Nc1cc(F)c(Cl)cc1N)C(=O)N1CCCCC1. The number of carbonyl (C=O) groups excluding carboxylic acids is 1. The van der Waals surface area contributed by atoms with Gasteiger partial charge in [-0.2, -0.15) is 0 Å². The topological polar surface area (TPSA) is 58.4 Å². The maximum Gasteiger partial charge on any atom is 0.244 e. The van der Waals surface area contributed by atoms with Gasteiger partial charge in [-0.25, -0.2) is 4.39 Å². The van der Waals surface area contributed by atoms with Crippen LogP contribution in [0.15, 0.2) is 12.1 Å². The number of nitrogens with one attached hydrogen (secondary N) is 1. The van der Waals surface area contributed by atoms with Crippen LogP contribution in [-0.2, 0) is 4.79 Å². The Morgan fingerprint density at radius 2 is 2.05 bits per heavy atom. The lowest BCUT2D eigenvalue weighted by molar-refractivity contribution is -0.132. The molecular weight excluding hydrogens is 281 g/mol. The van der Waals surface area contributed by atoms with Gasteiger partial charge in [0.15, 0.2) is 0 Å². The molecule has 1 saturated heterocycles. The lowest BCUT2D eigenvalue weighted by Gasteiger charge is -2.30. The molecule has 20 heavy (non-hydrogen) atoms. The maximum atomic E-state index is 13.4. The van der Waals surface area contributed by atoms with Crippen molar-refractivity contribution in [2.45, 2.75) is 32.2 Å². The zero-order chi connectivity index (χ0) is 14.7. The Balaban J connectivity index is 2.05. The lowest BCUT2D eigenvalue weighted by atomic mass is 10.1. The molecule has 2 rings (SSSR count). The molecule has 0 saturated carbocycles. The van der Waals surface area contributed by atoms with Crippen LogP contribution in [0, 0.1) is 5.82 Å². The first kappa shape index (κ1) is 14.9. The van der Waals surface area contributed by atoms with E-state index in [1.54, 1.807) is 6.92 Å². The summed E-state index contributed by atoms with van der Waals surface area (Å²) >= 11 is 5.65. The minimum atomic E-state index is -0.555. The molecule has 1 aromatic rings. The quantitative estimate of drug-likeness (QED) is 0.844. The molecule has 0 radical (unpaired) electrons. The fraction of sp³-hybridized carbons (Fsp3) is 0.500. The molecule has 0 spiro atoms. The van der Waals surface area contributed by atoms with Gasteiger partial charge in [0.1, 0.15) is 11.9 Å². The number of anilines is 2. The Hall–Kier alpha value is -1.49. The second-order valence-corrected chi connectivity index (χ2v) is 5.51. The Morgan fingerprint density at radius 1 is 1.40 bits per heavy atom. The van der Waals surface area contributed by atoms with E-state index in [4.69, 9.17) is 17.3 Å². The number of nitrogens with zero attached hydrogens (tertiary/aromatic N) is 1. The number of hydrogen-bond acceptors (Lipinski definition) is 3. The Kier molecular flexibility index (Phi) is 4.70. The fourth-order valence-corrected chi connectivity index (χ4v) is 2.54. The smallest absolute Gasteiger partial charge is 0.244 e. The zero-order valence-corrected chi connectivity index (χ0v) is 12.2. The summed E-state index contributed by atoms with van der Waals surface area (Å²) in [5.41, 5.74) is 6.50. The number of carbonyl (C=O) groups is 1. The molecule has 0 bridgehead atoms. The molecule has 1 atom stereocenters. The van der Waals surface area contributed by atoms with Crippen LogP contribution in [0.25, 0.3) is 0 Å². The van der Waals surface area contributed by atoms with E-state index < -0.39 is 11.9 Å². The van der Waals surface area contributed by atoms with Crippen molar-refractivity contribution >= 4 is 28.9 Å². The van der Waals surface area contributed by atoms with Gasteiger partial charge in [0, 0.05) is 19.2 Å². The molecule has 0 aromatic heterocycles. The fourth-order valence-electron chi connectivity index (χ4n) is 2.37. The summed E-state index contributed by atoms with van der Waals surface area (Å²) in [6.07, 6.45) is 3.24. The van der Waals surface area contributed by atoms with Crippen LogP contribution in [0.5, 0.6) is 0 Å². The molecule has 6 heteroatoms. The Labute approximate surface area is 123 Å².